The first-order valence-corrected chi connectivity index (χ1v) is 7.59. The number of pyridine rings is 1. The van der Waals surface area contributed by atoms with Crippen molar-refractivity contribution in [1.29, 1.82) is 0 Å². The molecule has 0 radical (unpaired) electrons. The Morgan fingerprint density at radius 1 is 0.783 bits per heavy atom. The van der Waals surface area contributed by atoms with Crippen LogP contribution in [0.4, 0.5) is 11.6 Å². The largest absolute Gasteiger partial charge is 0.323 e. The molecule has 4 rings (SSSR count). The van der Waals surface area contributed by atoms with Gasteiger partial charge in [0.15, 0.2) is 5.65 Å². The lowest BCUT2D eigenvalue weighted by atomic mass is 10.1. The normalized spacial score (nSPS) is 10.8. The first-order valence-electron chi connectivity index (χ1n) is 7.59. The summed E-state index contributed by atoms with van der Waals surface area (Å²) in [6, 6.07) is 26.4. The van der Waals surface area contributed by atoms with Crippen molar-refractivity contribution in [2.75, 3.05) is 5.32 Å². The molecule has 0 unspecified atom stereocenters. The van der Waals surface area contributed by atoms with Gasteiger partial charge in [-0.05, 0) is 29.8 Å². The summed E-state index contributed by atoms with van der Waals surface area (Å²) in [6.07, 6.45) is 0.826. The lowest BCUT2D eigenvalue weighted by molar-refractivity contribution is 0.883. The Kier molecular flexibility index (Phi) is 3.48. The number of hydrogen-bond donors (Lipinski definition) is 1. The molecule has 0 saturated heterocycles. The van der Waals surface area contributed by atoms with Crippen molar-refractivity contribution in [3.63, 3.8) is 0 Å². The zero-order valence-electron chi connectivity index (χ0n) is 12.6. The van der Waals surface area contributed by atoms with E-state index < -0.39 is 0 Å². The molecule has 0 saturated carbocycles. The van der Waals surface area contributed by atoms with Gasteiger partial charge in [0.2, 0.25) is 5.95 Å². The summed E-state index contributed by atoms with van der Waals surface area (Å²) in [4.78, 5) is 4.55. The van der Waals surface area contributed by atoms with Gasteiger partial charge in [0.1, 0.15) is 0 Å². The molecule has 2 heterocycles. The SMILES string of the molecule is c1ccc(Cc2cccc3nc(Nc4ccccc4)nn23)cc1. The van der Waals surface area contributed by atoms with E-state index in [1.54, 1.807) is 0 Å². The molecular weight excluding hydrogens is 284 g/mol. The van der Waals surface area contributed by atoms with Gasteiger partial charge in [-0.25, -0.2) is 4.52 Å². The summed E-state index contributed by atoms with van der Waals surface area (Å²) in [7, 11) is 0. The van der Waals surface area contributed by atoms with Gasteiger partial charge in [0.25, 0.3) is 0 Å². The number of aromatic nitrogens is 3. The maximum Gasteiger partial charge on any atom is 0.247 e. The average Bonchev–Trinajstić information content (AvgIpc) is 3.00. The Morgan fingerprint density at radius 3 is 2.30 bits per heavy atom. The van der Waals surface area contributed by atoms with E-state index in [2.05, 4.69) is 45.7 Å². The van der Waals surface area contributed by atoms with Crippen LogP contribution in [0.25, 0.3) is 5.65 Å². The van der Waals surface area contributed by atoms with Crippen molar-refractivity contribution >= 4 is 17.3 Å². The van der Waals surface area contributed by atoms with Crippen molar-refractivity contribution < 1.29 is 0 Å². The molecule has 4 heteroatoms. The van der Waals surface area contributed by atoms with Gasteiger partial charge >= 0.3 is 0 Å². The number of fused-ring (bicyclic) bond motifs is 1. The Balaban J connectivity index is 1.67. The van der Waals surface area contributed by atoms with Crippen LogP contribution >= 0.6 is 0 Å². The lowest BCUT2D eigenvalue weighted by Gasteiger charge is -2.04. The molecule has 0 bridgehead atoms. The molecule has 0 atom stereocenters. The summed E-state index contributed by atoms with van der Waals surface area (Å²) in [5.41, 5.74) is 4.19. The molecule has 23 heavy (non-hydrogen) atoms. The first kappa shape index (κ1) is 13.5. The molecule has 4 nitrogen and oxygen atoms in total. The van der Waals surface area contributed by atoms with Crippen molar-refractivity contribution in [3.05, 3.63) is 90.1 Å². The van der Waals surface area contributed by atoms with Crippen LogP contribution in [0.15, 0.2) is 78.9 Å². The third-order valence-electron chi connectivity index (χ3n) is 3.70. The molecule has 1 N–H and O–H groups in total. The molecule has 0 aliphatic heterocycles. The summed E-state index contributed by atoms with van der Waals surface area (Å²) in [6.45, 7) is 0. The van der Waals surface area contributed by atoms with E-state index >= 15 is 0 Å². The van der Waals surface area contributed by atoms with E-state index in [-0.39, 0.29) is 0 Å². The van der Waals surface area contributed by atoms with E-state index in [0.717, 1.165) is 23.4 Å². The molecule has 0 fully saturated rings. The predicted octanol–water partition coefficient (Wildman–Crippen LogP) is 4.06. The van der Waals surface area contributed by atoms with Gasteiger partial charge in [-0.2, -0.15) is 4.98 Å². The third kappa shape index (κ3) is 2.92. The zero-order chi connectivity index (χ0) is 15.5. The number of rotatable bonds is 4. The second kappa shape index (κ2) is 5.93. The highest BCUT2D eigenvalue weighted by atomic mass is 15.4. The van der Waals surface area contributed by atoms with Gasteiger partial charge in [0.05, 0.1) is 0 Å². The van der Waals surface area contributed by atoms with Crippen LogP contribution in [-0.2, 0) is 6.42 Å². The van der Waals surface area contributed by atoms with Crippen molar-refractivity contribution in [1.82, 2.24) is 14.6 Å². The highest BCUT2D eigenvalue weighted by Gasteiger charge is 2.07. The van der Waals surface area contributed by atoms with Gasteiger partial charge < -0.3 is 5.32 Å². The minimum Gasteiger partial charge on any atom is -0.323 e. The van der Waals surface area contributed by atoms with E-state index in [4.69, 9.17) is 0 Å². The molecule has 4 aromatic rings. The van der Waals surface area contributed by atoms with Crippen LogP contribution in [0.2, 0.25) is 0 Å². The summed E-state index contributed by atoms with van der Waals surface area (Å²) in [5, 5.41) is 7.84. The van der Waals surface area contributed by atoms with Crippen molar-refractivity contribution in [2.45, 2.75) is 6.42 Å². The summed E-state index contributed by atoms with van der Waals surface area (Å²) < 4.78 is 1.90. The van der Waals surface area contributed by atoms with Crippen molar-refractivity contribution in [3.8, 4) is 0 Å². The smallest absolute Gasteiger partial charge is 0.247 e. The Morgan fingerprint density at radius 2 is 1.52 bits per heavy atom. The molecule has 2 aromatic carbocycles. The summed E-state index contributed by atoms with van der Waals surface area (Å²) in [5.74, 6) is 0.608. The highest BCUT2D eigenvalue weighted by Crippen LogP contribution is 2.16. The Labute approximate surface area is 134 Å². The number of para-hydroxylation sites is 1. The van der Waals surface area contributed by atoms with Gasteiger partial charge in [-0.15, -0.1) is 5.10 Å². The van der Waals surface area contributed by atoms with Crippen LogP contribution in [-0.4, -0.2) is 14.6 Å². The van der Waals surface area contributed by atoms with Crippen molar-refractivity contribution in [2.24, 2.45) is 0 Å². The van der Waals surface area contributed by atoms with Crippen LogP contribution in [0.3, 0.4) is 0 Å². The Hall–Kier alpha value is -3.14. The van der Waals surface area contributed by atoms with E-state index in [9.17, 15) is 0 Å². The van der Waals surface area contributed by atoms with Gasteiger partial charge in [0, 0.05) is 17.8 Å². The zero-order valence-corrected chi connectivity index (χ0v) is 12.6. The molecule has 0 aliphatic rings. The first-order chi connectivity index (χ1) is 11.4. The number of nitrogens with zero attached hydrogens (tertiary/aromatic N) is 3. The molecule has 0 amide bonds. The fraction of sp³-hybridized carbons (Fsp3) is 0.0526. The molecule has 0 aliphatic carbocycles. The third-order valence-corrected chi connectivity index (χ3v) is 3.70. The maximum atomic E-state index is 4.60. The number of anilines is 2. The van der Waals surface area contributed by atoms with Gasteiger partial charge in [-0.3, -0.25) is 0 Å². The summed E-state index contributed by atoms with van der Waals surface area (Å²) >= 11 is 0. The average molecular weight is 300 g/mol. The minimum atomic E-state index is 0.608. The highest BCUT2D eigenvalue weighted by molar-refractivity contribution is 5.55. The minimum absolute atomic E-state index is 0.608. The Bertz CT molecular complexity index is 914. The fourth-order valence-corrected chi connectivity index (χ4v) is 2.60. The number of nitrogens with one attached hydrogen (secondary N) is 1. The van der Waals surface area contributed by atoms with Crippen LogP contribution in [0.5, 0.6) is 0 Å². The molecular formula is C19H16N4. The van der Waals surface area contributed by atoms with Crippen LogP contribution in [0, 0.1) is 0 Å². The molecule has 0 spiro atoms. The topological polar surface area (TPSA) is 42.2 Å². The van der Waals surface area contributed by atoms with E-state index in [1.807, 2.05) is 53.0 Å². The maximum absolute atomic E-state index is 4.60. The molecule has 112 valence electrons. The quantitative estimate of drug-likeness (QED) is 0.618. The monoisotopic (exact) mass is 300 g/mol. The van der Waals surface area contributed by atoms with Crippen LogP contribution < -0.4 is 5.32 Å². The lowest BCUT2D eigenvalue weighted by Crippen LogP contribution is -2.00. The van der Waals surface area contributed by atoms with Crippen LogP contribution in [0.1, 0.15) is 11.3 Å². The van der Waals surface area contributed by atoms with Gasteiger partial charge in [-0.1, -0.05) is 54.6 Å². The second-order valence-electron chi connectivity index (χ2n) is 5.38. The fourth-order valence-electron chi connectivity index (χ4n) is 2.60. The number of hydrogen-bond acceptors (Lipinski definition) is 3. The van der Waals surface area contributed by atoms with E-state index in [1.165, 1.54) is 5.56 Å². The predicted molar refractivity (Wildman–Crippen MR) is 92.0 cm³/mol. The standard InChI is InChI=1S/C19H16N4/c1-3-8-15(9-4-1)14-17-12-7-13-18-21-19(22-23(17)18)20-16-10-5-2-6-11-16/h1-13H,14H2,(H,20,22). The second-order valence-corrected chi connectivity index (χ2v) is 5.38. The van der Waals surface area contributed by atoms with E-state index in [0.29, 0.717) is 5.95 Å². The molecule has 2 aromatic heterocycles. The number of benzene rings is 2.